The maximum atomic E-state index is 6.49. The molecule has 0 spiro atoms. The molecule has 0 bridgehead atoms. The largest absolute Gasteiger partial charge is 0.456 e. The number of fused-ring (bicyclic) bond motifs is 11. The molecule has 0 radical (unpaired) electrons. The van der Waals surface area contributed by atoms with Crippen LogP contribution in [0.15, 0.2) is 168 Å². The van der Waals surface area contributed by atoms with E-state index in [0.717, 1.165) is 82.4 Å². The topological polar surface area (TPSA) is 61.7 Å². The van der Waals surface area contributed by atoms with E-state index in [-0.39, 0.29) is 0 Å². The van der Waals surface area contributed by atoms with Gasteiger partial charge in [-0.25, -0.2) is 4.98 Å². The molecule has 0 aliphatic rings. The van der Waals surface area contributed by atoms with Gasteiger partial charge in [0.2, 0.25) is 5.95 Å². The van der Waals surface area contributed by atoms with E-state index in [9.17, 15) is 0 Å². The average molecular weight is 654 g/mol. The van der Waals surface area contributed by atoms with E-state index in [2.05, 4.69) is 100 Å². The van der Waals surface area contributed by atoms with E-state index in [0.29, 0.717) is 17.6 Å². The molecule has 0 aliphatic heterocycles. The first kappa shape index (κ1) is 27.9. The minimum Gasteiger partial charge on any atom is -0.456 e. The van der Waals surface area contributed by atoms with Crippen LogP contribution in [0.1, 0.15) is 0 Å². The molecule has 6 heteroatoms. The van der Waals surface area contributed by atoms with Crippen molar-refractivity contribution in [2.75, 3.05) is 0 Å². The lowest BCUT2D eigenvalue weighted by atomic mass is 10.0. The number of hydrogen-bond acceptors (Lipinski definition) is 4. The van der Waals surface area contributed by atoms with Crippen LogP contribution in [-0.4, -0.2) is 24.1 Å². The molecule has 0 fully saturated rings. The molecule has 0 saturated carbocycles. The molecule has 0 amide bonds. The van der Waals surface area contributed by atoms with Gasteiger partial charge in [-0.15, -0.1) is 0 Å². The predicted octanol–water partition coefficient (Wildman–Crippen LogP) is 11.3. The summed E-state index contributed by atoms with van der Waals surface area (Å²) in [5, 5.41) is 6.68. The van der Waals surface area contributed by atoms with Crippen LogP contribution in [0.25, 0.3) is 100.0 Å². The molecule has 238 valence electrons. The number of hydrogen-bond donors (Lipinski definition) is 0. The van der Waals surface area contributed by atoms with Gasteiger partial charge in [-0.2, -0.15) is 9.97 Å². The zero-order valence-electron chi connectivity index (χ0n) is 27.2. The minimum absolute atomic E-state index is 0.561. The third-order valence-electron chi connectivity index (χ3n) is 9.97. The Balaban J connectivity index is 1.37. The van der Waals surface area contributed by atoms with E-state index >= 15 is 0 Å². The lowest BCUT2D eigenvalue weighted by Gasteiger charge is -2.12. The van der Waals surface area contributed by atoms with Crippen molar-refractivity contribution in [1.29, 1.82) is 0 Å². The minimum atomic E-state index is 0.561. The lowest BCUT2D eigenvalue weighted by Crippen LogP contribution is -2.06. The Morgan fingerprint density at radius 1 is 0.373 bits per heavy atom. The molecule has 51 heavy (non-hydrogen) atoms. The summed E-state index contributed by atoms with van der Waals surface area (Å²) in [6, 6.07) is 56.5. The summed E-state index contributed by atoms with van der Waals surface area (Å²) in [6.45, 7) is 0. The third kappa shape index (κ3) is 4.07. The van der Waals surface area contributed by atoms with Gasteiger partial charge in [0, 0.05) is 49.1 Å². The molecular formula is C45H27N5O. The molecule has 0 atom stereocenters. The highest BCUT2D eigenvalue weighted by Gasteiger charge is 2.25. The molecule has 0 N–H and O–H groups in total. The van der Waals surface area contributed by atoms with Crippen LogP contribution < -0.4 is 0 Å². The highest BCUT2D eigenvalue weighted by molar-refractivity contribution is 6.34. The molecule has 6 nitrogen and oxygen atoms in total. The first-order valence-corrected chi connectivity index (χ1v) is 17.0. The fourth-order valence-electron chi connectivity index (χ4n) is 7.81. The summed E-state index contributed by atoms with van der Waals surface area (Å²) >= 11 is 0. The number of furan rings is 1. The van der Waals surface area contributed by atoms with E-state index in [1.165, 1.54) is 0 Å². The number of aromatic nitrogens is 5. The molecule has 0 saturated heterocycles. The van der Waals surface area contributed by atoms with Crippen LogP contribution in [-0.2, 0) is 0 Å². The van der Waals surface area contributed by atoms with Gasteiger partial charge in [-0.3, -0.25) is 4.57 Å². The fourth-order valence-corrected chi connectivity index (χ4v) is 7.81. The van der Waals surface area contributed by atoms with Crippen LogP contribution in [0.5, 0.6) is 0 Å². The molecule has 11 aromatic rings. The number of benzene rings is 7. The standard InChI is InChI=1S/C45H27N5O/c1-4-14-28(15-5-1)43-46-44(29-16-6-2-7-17-29)48-45(47-43)50-34-22-12-10-20-31(34)32-24-25-36-41(42(32)50)40-35(49(36)30-18-8-3-9-19-30)26-27-38-39(40)33-21-11-13-23-37(33)51-38/h1-27H. The van der Waals surface area contributed by atoms with Gasteiger partial charge >= 0.3 is 0 Å². The second kappa shape index (κ2) is 10.7. The van der Waals surface area contributed by atoms with Gasteiger partial charge in [-0.05, 0) is 42.5 Å². The number of nitrogens with zero attached hydrogens (tertiary/aromatic N) is 5. The van der Waals surface area contributed by atoms with Crippen LogP contribution >= 0.6 is 0 Å². The Bertz CT molecular complexity index is 3060. The maximum absolute atomic E-state index is 6.49. The third-order valence-corrected chi connectivity index (χ3v) is 9.97. The van der Waals surface area contributed by atoms with Gasteiger partial charge in [0.05, 0.1) is 22.1 Å². The summed E-state index contributed by atoms with van der Waals surface area (Å²) in [6.07, 6.45) is 0. The molecule has 4 heterocycles. The molecule has 4 aromatic heterocycles. The van der Waals surface area contributed by atoms with Gasteiger partial charge in [0.25, 0.3) is 0 Å². The van der Waals surface area contributed by atoms with Crippen molar-refractivity contribution < 1.29 is 4.42 Å². The van der Waals surface area contributed by atoms with Gasteiger partial charge in [-0.1, -0.05) is 121 Å². The van der Waals surface area contributed by atoms with Gasteiger partial charge in [0.15, 0.2) is 11.6 Å². The monoisotopic (exact) mass is 653 g/mol. The van der Waals surface area contributed by atoms with Crippen LogP contribution in [0, 0.1) is 0 Å². The molecular weight excluding hydrogens is 627 g/mol. The molecule has 11 rings (SSSR count). The van der Waals surface area contributed by atoms with Gasteiger partial charge < -0.3 is 8.98 Å². The average Bonchev–Trinajstić information content (AvgIpc) is 3.86. The van der Waals surface area contributed by atoms with Crippen molar-refractivity contribution in [3.63, 3.8) is 0 Å². The summed E-state index contributed by atoms with van der Waals surface area (Å²) < 4.78 is 11.1. The summed E-state index contributed by atoms with van der Waals surface area (Å²) in [4.78, 5) is 15.5. The summed E-state index contributed by atoms with van der Waals surface area (Å²) in [5.74, 6) is 1.80. The second-order valence-electron chi connectivity index (χ2n) is 12.8. The first-order chi connectivity index (χ1) is 25.3. The Kier molecular flexibility index (Phi) is 5.86. The molecule has 0 unspecified atom stereocenters. The normalized spacial score (nSPS) is 11.9. The molecule has 0 aliphatic carbocycles. The SMILES string of the molecule is c1ccc(-c2nc(-c3ccccc3)nc(-n3c4ccccc4c4ccc5c(c6c7c(ccc6n5-c5ccccc5)oc5ccccc57)c43)n2)cc1. The molecule has 7 aromatic carbocycles. The number of rotatable bonds is 4. The van der Waals surface area contributed by atoms with E-state index in [1.807, 2.05) is 72.8 Å². The highest BCUT2D eigenvalue weighted by Crippen LogP contribution is 2.46. The van der Waals surface area contributed by atoms with Crippen molar-refractivity contribution in [3.05, 3.63) is 164 Å². The van der Waals surface area contributed by atoms with E-state index in [4.69, 9.17) is 19.4 Å². The quantitative estimate of drug-likeness (QED) is 0.190. The maximum Gasteiger partial charge on any atom is 0.238 e. The van der Waals surface area contributed by atoms with Crippen molar-refractivity contribution in [2.45, 2.75) is 0 Å². The summed E-state index contributed by atoms with van der Waals surface area (Å²) in [7, 11) is 0. The van der Waals surface area contributed by atoms with E-state index < -0.39 is 0 Å². The van der Waals surface area contributed by atoms with Crippen LogP contribution in [0.3, 0.4) is 0 Å². The van der Waals surface area contributed by atoms with Gasteiger partial charge in [0.1, 0.15) is 11.2 Å². The van der Waals surface area contributed by atoms with E-state index in [1.54, 1.807) is 0 Å². The highest BCUT2D eigenvalue weighted by atomic mass is 16.3. The smallest absolute Gasteiger partial charge is 0.238 e. The first-order valence-electron chi connectivity index (χ1n) is 17.0. The van der Waals surface area contributed by atoms with Crippen molar-refractivity contribution >= 4 is 65.6 Å². The number of para-hydroxylation sites is 3. The Morgan fingerprint density at radius 2 is 0.961 bits per heavy atom. The Labute approximate surface area is 291 Å². The fraction of sp³-hybridized carbons (Fsp3) is 0. The summed E-state index contributed by atoms with van der Waals surface area (Å²) in [5.41, 5.74) is 8.91. The van der Waals surface area contributed by atoms with Crippen LogP contribution in [0.2, 0.25) is 0 Å². The zero-order valence-corrected chi connectivity index (χ0v) is 27.2. The van der Waals surface area contributed by atoms with Crippen molar-refractivity contribution in [2.24, 2.45) is 0 Å². The Hall–Kier alpha value is -7.05. The van der Waals surface area contributed by atoms with Crippen molar-refractivity contribution in [3.8, 4) is 34.4 Å². The lowest BCUT2D eigenvalue weighted by molar-refractivity contribution is 0.669. The second-order valence-corrected chi connectivity index (χ2v) is 12.8. The predicted molar refractivity (Wildman–Crippen MR) is 207 cm³/mol. The zero-order chi connectivity index (χ0) is 33.5. The Morgan fingerprint density at radius 3 is 1.69 bits per heavy atom. The van der Waals surface area contributed by atoms with Crippen molar-refractivity contribution in [1.82, 2.24) is 24.1 Å². The van der Waals surface area contributed by atoms with Crippen LogP contribution in [0.4, 0.5) is 0 Å².